The molecule has 1 aliphatic rings. The Bertz CT molecular complexity index is 515. The second-order valence-electron chi connectivity index (χ2n) is 4.67. The van der Waals surface area contributed by atoms with Gasteiger partial charge >= 0.3 is 17.8 Å². The van der Waals surface area contributed by atoms with Gasteiger partial charge in [0.2, 0.25) is 5.13 Å². The van der Waals surface area contributed by atoms with Gasteiger partial charge in [0.15, 0.2) is 0 Å². The minimum atomic E-state index is -0.914. The lowest BCUT2D eigenvalue weighted by atomic mass is 9.93. The highest BCUT2D eigenvalue weighted by Gasteiger charge is 2.40. The third-order valence-electron chi connectivity index (χ3n) is 2.27. The van der Waals surface area contributed by atoms with E-state index in [1.807, 2.05) is 26.1 Å². The number of imide groups is 2. The maximum absolute atomic E-state index is 11.4. The molecule has 1 saturated heterocycles. The normalized spacial score (nSPS) is 16.6. The molecule has 0 aliphatic carbocycles. The first-order valence-corrected chi connectivity index (χ1v) is 5.84. The topological polar surface area (TPSA) is 79.4 Å². The van der Waals surface area contributed by atoms with Crippen molar-refractivity contribution in [2.24, 2.45) is 0 Å². The van der Waals surface area contributed by atoms with Gasteiger partial charge in [-0.25, -0.2) is 9.78 Å². The zero-order valence-electron chi connectivity index (χ0n) is 9.60. The van der Waals surface area contributed by atoms with E-state index in [1.54, 1.807) is 5.38 Å². The molecule has 1 aliphatic heterocycles. The molecule has 7 heteroatoms. The highest BCUT2D eigenvalue weighted by atomic mass is 32.1. The number of aromatic nitrogens is 1. The first-order chi connectivity index (χ1) is 7.80. The summed E-state index contributed by atoms with van der Waals surface area (Å²) in [5, 5.41) is 3.93. The summed E-state index contributed by atoms with van der Waals surface area (Å²) in [5.41, 5.74) is 0.607. The highest BCUT2D eigenvalue weighted by Crippen LogP contribution is 2.29. The number of nitrogens with zero attached hydrogens (tertiary/aromatic N) is 2. The summed E-state index contributed by atoms with van der Waals surface area (Å²) >= 11 is 1.16. The van der Waals surface area contributed by atoms with Crippen LogP contribution in [0.5, 0.6) is 0 Å². The lowest BCUT2D eigenvalue weighted by Gasteiger charge is -2.14. The van der Waals surface area contributed by atoms with Gasteiger partial charge in [-0.15, -0.1) is 11.3 Å². The monoisotopic (exact) mass is 253 g/mol. The summed E-state index contributed by atoms with van der Waals surface area (Å²) in [6.07, 6.45) is 0. The number of thiazole rings is 1. The third kappa shape index (κ3) is 1.93. The summed E-state index contributed by atoms with van der Waals surface area (Å²) in [4.78, 5) is 38.8. The fourth-order valence-electron chi connectivity index (χ4n) is 1.29. The van der Waals surface area contributed by atoms with Crippen LogP contribution >= 0.6 is 11.3 Å². The maximum atomic E-state index is 11.4. The Kier molecular flexibility index (Phi) is 2.50. The van der Waals surface area contributed by atoms with E-state index < -0.39 is 17.8 Å². The van der Waals surface area contributed by atoms with Crippen molar-refractivity contribution in [1.82, 2.24) is 10.3 Å². The van der Waals surface area contributed by atoms with E-state index in [0.717, 1.165) is 21.9 Å². The number of urea groups is 1. The highest BCUT2D eigenvalue weighted by molar-refractivity contribution is 7.14. The molecule has 4 amide bonds. The summed E-state index contributed by atoms with van der Waals surface area (Å²) in [5.74, 6) is -1.80. The van der Waals surface area contributed by atoms with Gasteiger partial charge in [-0.1, -0.05) is 20.8 Å². The number of amides is 4. The summed E-state index contributed by atoms with van der Waals surface area (Å²) < 4.78 is 0. The van der Waals surface area contributed by atoms with Crippen molar-refractivity contribution in [3.05, 3.63) is 11.1 Å². The van der Waals surface area contributed by atoms with Gasteiger partial charge in [0.05, 0.1) is 5.69 Å². The smallest absolute Gasteiger partial charge is 0.269 e. The second kappa shape index (κ2) is 3.63. The van der Waals surface area contributed by atoms with E-state index >= 15 is 0 Å². The van der Waals surface area contributed by atoms with Crippen molar-refractivity contribution in [3.63, 3.8) is 0 Å². The van der Waals surface area contributed by atoms with Crippen LogP contribution in [0.2, 0.25) is 0 Å². The molecule has 6 nitrogen and oxygen atoms in total. The predicted octanol–water partition coefficient (Wildman–Crippen LogP) is 1.02. The quantitative estimate of drug-likeness (QED) is 0.598. The fourth-order valence-corrected chi connectivity index (χ4v) is 2.33. The largest absolute Gasteiger partial charge is 0.338 e. The Labute approximate surface area is 102 Å². The van der Waals surface area contributed by atoms with Crippen LogP contribution in [0, 0.1) is 0 Å². The first kappa shape index (κ1) is 11.7. The Morgan fingerprint density at radius 3 is 2.35 bits per heavy atom. The molecule has 2 rings (SSSR count). The van der Waals surface area contributed by atoms with E-state index in [4.69, 9.17) is 0 Å². The van der Waals surface area contributed by atoms with Gasteiger partial charge in [0.1, 0.15) is 0 Å². The number of hydrogen-bond donors (Lipinski definition) is 1. The van der Waals surface area contributed by atoms with Gasteiger partial charge in [0.25, 0.3) is 0 Å². The first-order valence-electron chi connectivity index (χ1n) is 4.96. The Morgan fingerprint density at radius 2 is 1.94 bits per heavy atom. The molecule has 1 aromatic rings. The van der Waals surface area contributed by atoms with Crippen molar-refractivity contribution >= 4 is 34.3 Å². The molecule has 0 atom stereocenters. The van der Waals surface area contributed by atoms with Crippen molar-refractivity contribution in [1.29, 1.82) is 0 Å². The Morgan fingerprint density at radius 1 is 1.29 bits per heavy atom. The van der Waals surface area contributed by atoms with Gasteiger partial charge in [0, 0.05) is 10.8 Å². The van der Waals surface area contributed by atoms with Gasteiger partial charge in [-0.2, -0.15) is 4.90 Å². The molecule has 0 aromatic carbocycles. The van der Waals surface area contributed by atoms with E-state index in [0.29, 0.717) is 0 Å². The van der Waals surface area contributed by atoms with Crippen LogP contribution in [0.4, 0.5) is 9.93 Å². The average molecular weight is 253 g/mol. The summed E-state index contributed by atoms with van der Waals surface area (Å²) in [7, 11) is 0. The zero-order chi connectivity index (χ0) is 12.8. The third-order valence-corrected chi connectivity index (χ3v) is 3.10. The molecule has 1 fully saturated rings. The van der Waals surface area contributed by atoms with Crippen LogP contribution in [0.1, 0.15) is 26.5 Å². The molecular weight excluding hydrogens is 242 g/mol. The van der Waals surface area contributed by atoms with Gasteiger partial charge in [-0.05, 0) is 0 Å². The predicted molar refractivity (Wildman–Crippen MR) is 61.8 cm³/mol. The Hall–Kier alpha value is -1.76. The number of anilines is 1. The minimum absolute atomic E-state index is 0.169. The fraction of sp³-hybridized carbons (Fsp3) is 0.400. The second-order valence-corrected chi connectivity index (χ2v) is 5.50. The number of nitrogens with one attached hydrogen (secondary N) is 1. The molecule has 2 heterocycles. The number of carbonyl (C=O) groups is 3. The van der Waals surface area contributed by atoms with Crippen molar-refractivity contribution in [2.45, 2.75) is 26.2 Å². The van der Waals surface area contributed by atoms with Crippen LogP contribution in [-0.2, 0) is 15.0 Å². The van der Waals surface area contributed by atoms with Crippen molar-refractivity contribution < 1.29 is 14.4 Å². The van der Waals surface area contributed by atoms with E-state index in [2.05, 4.69) is 4.98 Å². The Balaban J connectivity index is 2.36. The average Bonchev–Trinajstić information content (AvgIpc) is 2.73. The van der Waals surface area contributed by atoms with Crippen LogP contribution in [0.15, 0.2) is 5.38 Å². The number of carbonyl (C=O) groups excluding carboxylic acids is 3. The molecule has 0 bridgehead atoms. The van der Waals surface area contributed by atoms with Crippen molar-refractivity contribution in [3.8, 4) is 0 Å². The summed E-state index contributed by atoms with van der Waals surface area (Å²) in [6, 6.07) is -0.741. The molecule has 0 radical (unpaired) electrons. The molecule has 0 spiro atoms. The molecule has 1 N–H and O–H groups in total. The van der Waals surface area contributed by atoms with E-state index in [9.17, 15) is 14.4 Å². The molecule has 0 saturated carbocycles. The number of hydrogen-bond acceptors (Lipinski definition) is 5. The molecule has 17 heavy (non-hydrogen) atoms. The lowest BCUT2D eigenvalue weighted by Crippen LogP contribution is -2.30. The SMILES string of the molecule is CC(C)(C)c1csc(N2C(=O)NC(=O)C2=O)n1. The molecule has 90 valence electrons. The lowest BCUT2D eigenvalue weighted by molar-refractivity contribution is -0.134. The van der Waals surface area contributed by atoms with Gasteiger partial charge < -0.3 is 0 Å². The van der Waals surface area contributed by atoms with Crippen LogP contribution < -0.4 is 10.2 Å². The standard InChI is InChI=1S/C10H11N3O3S/c1-10(2,3)5-4-17-9(11-5)13-7(15)6(14)12-8(13)16/h4H,1-3H3,(H,12,14,16). The maximum Gasteiger partial charge on any atom is 0.338 e. The number of rotatable bonds is 1. The van der Waals surface area contributed by atoms with E-state index in [1.165, 1.54) is 0 Å². The van der Waals surface area contributed by atoms with Crippen LogP contribution in [-0.4, -0.2) is 22.8 Å². The van der Waals surface area contributed by atoms with Crippen LogP contribution in [0.3, 0.4) is 0 Å². The summed E-state index contributed by atoms with van der Waals surface area (Å²) in [6.45, 7) is 5.93. The molecular formula is C10H11N3O3S. The van der Waals surface area contributed by atoms with Gasteiger partial charge in [-0.3, -0.25) is 14.9 Å². The minimum Gasteiger partial charge on any atom is -0.269 e. The molecule has 1 aromatic heterocycles. The van der Waals surface area contributed by atoms with Crippen molar-refractivity contribution in [2.75, 3.05) is 4.90 Å². The van der Waals surface area contributed by atoms with E-state index in [-0.39, 0.29) is 10.5 Å². The zero-order valence-corrected chi connectivity index (χ0v) is 10.4. The van der Waals surface area contributed by atoms with Crippen LogP contribution in [0.25, 0.3) is 0 Å². The molecule has 0 unspecified atom stereocenters.